The molecule has 1 amide bonds. The zero-order valence-electron chi connectivity index (χ0n) is 15.8. The fourth-order valence-corrected chi connectivity index (χ4v) is 5.39. The zero-order chi connectivity index (χ0) is 20.3. The molecule has 7 nitrogen and oxygen atoms in total. The highest BCUT2D eigenvalue weighted by atomic mass is 32.2. The van der Waals surface area contributed by atoms with Crippen molar-refractivity contribution in [2.75, 3.05) is 31.5 Å². The summed E-state index contributed by atoms with van der Waals surface area (Å²) in [4.78, 5) is 13.9. The van der Waals surface area contributed by atoms with Crippen LogP contribution >= 0.6 is 11.3 Å². The number of carbonyl (C=O) groups is 1. The number of nitrogens with one attached hydrogen (secondary N) is 2. The predicted molar refractivity (Wildman–Crippen MR) is 108 cm³/mol. The van der Waals surface area contributed by atoms with Gasteiger partial charge in [0.1, 0.15) is 11.1 Å². The molecule has 2 heterocycles. The van der Waals surface area contributed by atoms with E-state index in [4.69, 9.17) is 5.26 Å². The molecule has 1 aliphatic heterocycles. The third kappa shape index (κ3) is 4.25. The fraction of sp³-hybridized carbons (Fsp3) is 0.368. The summed E-state index contributed by atoms with van der Waals surface area (Å²) in [6.45, 7) is 5.58. The van der Waals surface area contributed by atoms with Crippen LogP contribution in [-0.4, -0.2) is 50.9 Å². The lowest BCUT2D eigenvalue weighted by Crippen LogP contribution is -3.19. The van der Waals surface area contributed by atoms with Crippen molar-refractivity contribution in [1.29, 1.82) is 5.26 Å². The molecule has 1 aromatic carbocycles. The second-order valence-corrected chi connectivity index (χ2v) is 9.72. The van der Waals surface area contributed by atoms with Crippen LogP contribution in [0.15, 0.2) is 40.6 Å². The average molecular weight is 420 g/mol. The van der Waals surface area contributed by atoms with Crippen LogP contribution in [0.4, 0.5) is 5.00 Å². The molecule has 2 aromatic rings. The van der Waals surface area contributed by atoms with Gasteiger partial charge in [-0.25, -0.2) is 8.42 Å². The maximum Gasteiger partial charge on any atom is 0.283 e. The minimum absolute atomic E-state index is 0.163. The highest BCUT2D eigenvalue weighted by Gasteiger charge is 2.34. The SMILES string of the molecule is Cc1ccc(S(=O)(=O)N2CC[NH+]([C@H](C)C(=O)Nc3sccc3C#N)CC2)cc1. The van der Waals surface area contributed by atoms with Gasteiger partial charge in [-0.15, -0.1) is 11.3 Å². The summed E-state index contributed by atoms with van der Waals surface area (Å²) in [6, 6.07) is 10.2. The number of sulfonamides is 1. The molecule has 1 atom stereocenters. The smallest absolute Gasteiger partial charge is 0.283 e. The Labute approximate surface area is 169 Å². The van der Waals surface area contributed by atoms with Crippen molar-refractivity contribution in [3.8, 4) is 6.07 Å². The number of benzene rings is 1. The van der Waals surface area contributed by atoms with Gasteiger partial charge in [0.2, 0.25) is 10.0 Å². The van der Waals surface area contributed by atoms with Crippen LogP contribution < -0.4 is 10.2 Å². The molecule has 0 aliphatic carbocycles. The Balaban J connectivity index is 1.60. The van der Waals surface area contributed by atoms with Crippen molar-refractivity contribution in [2.24, 2.45) is 0 Å². The second-order valence-electron chi connectivity index (χ2n) is 6.86. The first-order valence-corrected chi connectivity index (χ1v) is 11.3. The van der Waals surface area contributed by atoms with E-state index in [1.54, 1.807) is 35.7 Å². The van der Waals surface area contributed by atoms with Gasteiger partial charge in [0.25, 0.3) is 5.91 Å². The summed E-state index contributed by atoms with van der Waals surface area (Å²) < 4.78 is 27.1. The molecule has 1 aliphatic rings. The number of aryl methyl sites for hydroxylation is 1. The molecule has 28 heavy (non-hydrogen) atoms. The van der Waals surface area contributed by atoms with E-state index < -0.39 is 10.0 Å². The molecular formula is C19H23N4O3S2+. The van der Waals surface area contributed by atoms with Crippen molar-refractivity contribution in [2.45, 2.75) is 24.8 Å². The Kier molecular flexibility index (Phi) is 6.15. The number of nitrogens with zero attached hydrogens (tertiary/aromatic N) is 2. The van der Waals surface area contributed by atoms with Crippen LogP contribution in [-0.2, 0) is 14.8 Å². The third-order valence-corrected chi connectivity index (χ3v) is 7.79. The third-order valence-electron chi connectivity index (χ3n) is 5.05. The summed E-state index contributed by atoms with van der Waals surface area (Å²) in [5, 5.41) is 14.2. The maximum absolute atomic E-state index is 12.8. The summed E-state index contributed by atoms with van der Waals surface area (Å²) in [5.74, 6) is -0.163. The maximum atomic E-state index is 12.8. The Bertz CT molecular complexity index is 985. The van der Waals surface area contributed by atoms with E-state index in [9.17, 15) is 13.2 Å². The molecule has 9 heteroatoms. The van der Waals surface area contributed by atoms with E-state index in [0.717, 1.165) is 10.5 Å². The monoisotopic (exact) mass is 419 g/mol. The van der Waals surface area contributed by atoms with Gasteiger partial charge >= 0.3 is 0 Å². The zero-order valence-corrected chi connectivity index (χ0v) is 17.4. The van der Waals surface area contributed by atoms with E-state index in [0.29, 0.717) is 41.6 Å². The average Bonchev–Trinajstić information content (AvgIpc) is 3.15. The van der Waals surface area contributed by atoms with Crippen LogP contribution in [0.5, 0.6) is 0 Å². The number of piperazine rings is 1. The number of hydrogen-bond acceptors (Lipinski definition) is 5. The summed E-state index contributed by atoms with van der Waals surface area (Å²) >= 11 is 1.32. The molecule has 148 valence electrons. The molecule has 0 spiro atoms. The lowest BCUT2D eigenvalue weighted by Gasteiger charge is -2.34. The van der Waals surface area contributed by atoms with Crippen molar-refractivity contribution in [3.63, 3.8) is 0 Å². The quantitative estimate of drug-likeness (QED) is 0.751. The number of amides is 1. The van der Waals surface area contributed by atoms with Gasteiger partial charge < -0.3 is 10.2 Å². The van der Waals surface area contributed by atoms with Crippen LogP contribution in [0.2, 0.25) is 0 Å². The standard InChI is InChI=1S/C19H22N4O3S2/c1-14-3-5-17(6-4-14)28(25,26)23-10-8-22(9-11-23)15(2)18(24)21-19-16(13-20)7-12-27-19/h3-7,12,15H,8-11H2,1-2H3,(H,21,24)/p+1/t15-/m1/s1. The number of hydrogen-bond donors (Lipinski definition) is 2. The minimum Gasteiger partial charge on any atom is -0.323 e. The number of rotatable bonds is 5. The Morgan fingerprint density at radius 3 is 2.50 bits per heavy atom. The Morgan fingerprint density at radius 1 is 1.25 bits per heavy atom. The summed E-state index contributed by atoms with van der Waals surface area (Å²) in [7, 11) is -3.51. The van der Waals surface area contributed by atoms with Gasteiger partial charge in [0, 0.05) is 0 Å². The normalized spacial score (nSPS) is 17.0. The first-order valence-electron chi connectivity index (χ1n) is 9.03. The van der Waals surface area contributed by atoms with Gasteiger partial charge in [0.05, 0.1) is 36.6 Å². The molecule has 0 unspecified atom stereocenters. The Hall–Kier alpha value is -2.25. The molecular weight excluding hydrogens is 396 g/mol. The summed E-state index contributed by atoms with van der Waals surface area (Å²) in [6.07, 6.45) is 0. The molecule has 2 N–H and O–H groups in total. The van der Waals surface area contributed by atoms with Crippen molar-refractivity contribution in [1.82, 2.24) is 4.31 Å². The molecule has 1 saturated heterocycles. The Morgan fingerprint density at radius 2 is 1.89 bits per heavy atom. The second kappa shape index (κ2) is 8.41. The number of carbonyl (C=O) groups excluding carboxylic acids is 1. The number of nitriles is 1. The number of thiophene rings is 1. The van der Waals surface area contributed by atoms with E-state index in [2.05, 4.69) is 11.4 Å². The highest BCUT2D eigenvalue weighted by molar-refractivity contribution is 7.89. The van der Waals surface area contributed by atoms with Crippen molar-refractivity contribution in [3.05, 3.63) is 46.8 Å². The molecule has 1 aromatic heterocycles. The summed E-state index contributed by atoms with van der Waals surface area (Å²) in [5.41, 5.74) is 1.47. The number of anilines is 1. The first kappa shape index (κ1) is 20.5. The topological polar surface area (TPSA) is 94.7 Å². The molecule has 0 saturated carbocycles. The molecule has 0 radical (unpaired) electrons. The van der Waals surface area contributed by atoms with Gasteiger partial charge in [-0.05, 0) is 37.4 Å². The van der Waals surface area contributed by atoms with Gasteiger partial charge in [-0.2, -0.15) is 9.57 Å². The minimum atomic E-state index is -3.51. The van der Waals surface area contributed by atoms with Crippen LogP contribution in [0.3, 0.4) is 0 Å². The number of quaternary nitrogens is 1. The van der Waals surface area contributed by atoms with Crippen LogP contribution in [0, 0.1) is 18.3 Å². The lowest BCUT2D eigenvalue weighted by atomic mass is 10.2. The van der Waals surface area contributed by atoms with Gasteiger partial charge in [0.15, 0.2) is 6.04 Å². The van der Waals surface area contributed by atoms with Crippen LogP contribution in [0.25, 0.3) is 0 Å². The predicted octanol–water partition coefficient (Wildman–Crippen LogP) is 0.845. The van der Waals surface area contributed by atoms with Crippen LogP contribution in [0.1, 0.15) is 18.1 Å². The molecule has 3 rings (SSSR count). The van der Waals surface area contributed by atoms with Crippen molar-refractivity contribution < 1.29 is 18.1 Å². The van der Waals surface area contributed by atoms with E-state index >= 15 is 0 Å². The molecule has 1 fully saturated rings. The van der Waals surface area contributed by atoms with E-state index in [1.807, 2.05) is 13.8 Å². The lowest BCUT2D eigenvalue weighted by molar-refractivity contribution is -0.917. The van der Waals surface area contributed by atoms with Gasteiger partial charge in [-0.1, -0.05) is 17.7 Å². The fourth-order valence-electron chi connectivity index (χ4n) is 3.21. The first-order chi connectivity index (χ1) is 13.3. The van der Waals surface area contributed by atoms with Gasteiger partial charge in [-0.3, -0.25) is 4.79 Å². The van der Waals surface area contributed by atoms with E-state index in [-0.39, 0.29) is 11.9 Å². The highest BCUT2D eigenvalue weighted by Crippen LogP contribution is 2.22. The largest absolute Gasteiger partial charge is 0.323 e. The van der Waals surface area contributed by atoms with Crippen molar-refractivity contribution >= 4 is 32.3 Å². The van der Waals surface area contributed by atoms with E-state index in [1.165, 1.54) is 15.6 Å². The molecule has 0 bridgehead atoms.